The van der Waals surface area contributed by atoms with Gasteiger partial charge < -0.3 is 10.7 Å². The quantitative estimate of drug-likeness (QED) is 0.890. The van der Waals surface area contributed by atoms with Gasteiger partial charge in [0.1, 0.15) is 0 Å². The lowest BCUT2D eigenvalue weighted by molar-refractivity contribution is 0.934. The lowest BCUT2D eigenvalue weighted by Crippen LogP contribution is -2.04. The smallest absolute Gasteiger partial charge is 0.175 e. The second-order valence-corrected chi connectivity index (χ2v) is 3.88. The molecule has 0 saturated heterocycles. The molecule has 78 valence electrons. The first-order valence-electron chi connectivity index (χ1n) is 4.66. The van der Waals surface area contributed by atoms with E-state index in [2.05, 4.69) is 30.9 Å². The number of hydrogen-bond acceptors (Lipinski definition) is 3. The molecule has 2 aromatic rings. The summed E-state index contributed by atoms with van der Waals surface area (Å²) in [5.74, 6) is 0. The number of H-pyrrole nitrogens is 1. The Hall–Kier alpha value is -1.20. The van der Waals surface area contributed by atoms with E-state index in [1.807, 2.05) is 12.1 Å². The Balaban J connectivity index is 2.43. The third kappa shape index (κ3) is 2.24. The van der Waals surface area contributed by atoms with Crippen LogP contribution in [0.25, 0.3) is 11.3 Å². The van der Waals surface area contributed by atoms with E-state index in [1.54, 1.807) is 12.4 Å². The van der Waals surface area contributed by atoms with Gasteiger partial charge in [0.2, 0.25) is 0 Å². The highest BCUT2D eigenvalue weighted by atomic mass is 79.9. The van der Waals surface area contributed by atoms with Crippen LogP contribution in [-0.2, 0) is 6.42 Å². The van der Waals surface area contributed by atoms with Crippen LogP contribution in [0.15, 0.2) is 29.3 Å². The lowest BCUT2D eigenvalue weighted by atomic mass is 10.1. The van der Waals surface area contributed by atoms with E-state index in [4.69, 9.17) is 5.73 Å². The molecule has 0 saturated carbocycles. The summed E-state index contributed by atoms with van der Waals surface area (Å²) in [5.41, 5.74) is 8.58. The Morgan fingerprint density at radius 1 is 1.33 bits per heavy atom. The van der Waals surface area contributed by atoms with E-state index in [0.29, 0.717) is 6.54 Å². The molecule has 0 unspecified atom stereocenters. The fourth-order valence-corrected chi connectivity index (χ4v) is 1.87. The highest BCUT2D eigenvalue weighted by Gasteiger charge is 2.09. The van der Waals surface area contributed by atoms with Gasteiger partial charge in [0.05, 0.1) is 5.69 Å². The van der Waals surface area contributed by atoms with Crippen molar-refractivity contribution in [2.45, 2.75) is 6.42 Å². The van der Waals surface area contributed by atoms with Gasteiger partial charge in [-0.25, -0.2) is 4.98 Å². The van der Waals surface area contributed by atoms with Crippen molar-refractivity contribution in [1.82, 2.24) is 15.0 Å². The number of pyridine rings is 1. The summed E-state index contributed by atoms with van der Waals surface area (Å²) in [4.78, 5) is 11.5. The standard InChI is InChI=1S/C10H11BrN4/c11-10-14-8(1-4-12)9(15-10)7-2-5-13-6-3-7/h2-3,5-6H,1,4,12H2,(H,14,15). The Labute approximate surface area is 96.1 Å². The summed E-state index contributed by atoms with van der Waals surface area (Å²) in [6, 6.07) is 3.87. The number of imidazole rings is 1. The van der Waals surface area contributed by atoms with Gasteiger partial charge in [-0.3, -0.25) is 4.98 Å². The molecule has 0 aliphatic heterocycles. The third-order valence-corrected chi connectivity index (χ3v) is 2.47. The molecular weight excluding hydrogens is 256 g/mol. The van der Waals surface area contributed by atoms with Crippen LogP contribution in [0.5, 0.6) is 0 Å². The maximum atomic E-state index is 5.54. The fraction of sp³-hybridized carbons (Fsp3) is 0.200. The van der Waals surface area contributed by atoms with Crippen molar-refractivity contribution in [2.24, 2.45) is 5.73 Å². The van der Waals surface area contributed by atoms with Crippen molar-refractivity contribution in [2.75, 3.05) is 6.54 Å². The van der Waals surface area contributed by atoms with Gasteiger partial charge in [0.15, 0.2) is 4.73 Å². The maximum Gasteiger partial charge on any atom is 0.175 e. The third-order valence-electron chi connectivity index (χ3n) is 2.10. The minimum Gasteiger partial charge on any atom is -0.336 e. The largest absolute Gasteiger partial charge is 0.336 e. The summed E-state index contributed by atoms with van der Waals surface area (Å²) in [6.45, 7) is 0.604. The number of nitrogens with two attached hydrogens (primary N) is 1. The molecule has 2 rings (SSSR count). The molecule has 2 heterocycles. The summed E-state index contributed by atoms with van der Waals surface area (Å²) < 4.78 is 0.734. The number of aromatic amines is 1. The van der Waals surface area contributed by atoms with Crippen LogP contribution >= 0.6 is 15.9 Å². The number of hydrogen-bond donors (Lipinski definition) is 2. The molecule has 0 atom stereocenters. The first-order valence-corrected chi connectivity index (χ1v) is 5.45. The van der Waals surface area contributed by atoms with E-state index in [0.717, 1.165) is 28.1 Å². The molecule has 5 heteroatoms. The van der Waals surface area contributed by atoms with Gasteiger partial charge in [0.25, 0.3) is 0 Å². The summed E-state index contributed by atoms with van der Waals surface area (Å²) in [6.07, 6.45) is 4.30. The van der Waals surface area contributed by atoms with E-state index >= 15 is 0 Å². The molecule has 0 radical (unpaired) electrons. The molecule has 0 bridgehead atoms. The SMILES string of the molecule is NCCc1[nH]c(Br)nc1-c1ccncc1. The van der Waals surface area contributed by atoms with Gasteiger partial charge in [-0.15, -0.1) is 0 Å². The van der Waals surface area contributed by atoms with Crippen LogP contribution in [-0.4, -0.2) is 21.5 Å². The molecule has 0 spiro atoms. The Bertz CT molecular complexity index is 438. The number of nitrogens with one attached hydrogen (secondary N) is 1. The van der Waals surface area contributed by atoms with Gasteiger partial charge in [0, 0.05) is 30.1 Å². The van der Waals surface area contributed by atoms with Crippen molar-refractivity contribution >= 4 is 15.9 Å². The van der Waals surface area contributed by atoms with E-state index in [-0.39, 0.29) is 0 Å². The molecular formula is C10H11BrN4. The normalized spacial score (nSPS) is 10.5. The average Bonchev–Trinajstić information content (AvgIpc) is 2.62. The van der Waals surface area contributed by atoms with Crippen molar-refractivity contribution < 1.29 is 0 Å². The summed E-state index contributed by atoms with van der Waals surface area (Å²) in [5, 5.41) is 0. The first kappa shape index (κ1) is 10.3. The Morgan fingerprint density at radius 3 is 2.73 bits per heavy atom. The lowest BCUT2D eigenvalue weighted by Gasteiger charge is -1.99. The Kier molecular flexibility index (Phi) is 3.13. The number of rotatable bonds is 3. The van der Waals surface area contributed by atoms with Crippen molar-refractivity contribution in [3.63, 3.8) is 0 Å². The van der Waals surface area contributed by atoms with Crippen LogP contribution < -0.4 is 5.73 Å². The Morgan fingerprint density at radius 2 is 2.07 bits per heavy atom. The molecule has 0 amide bonds. The van der Waals surface area contributed by atoms with Crippen molar-refractivity contribution in [1.29, 1.82) is 0 Å². The molecule has 0 aliphatic rings. The molecule has 15 heavy (non-hydrogen) atoms. The van der Waals surface area contributed by atoms with Gasteiger partial charge in [-0.05, 0) is 34.6 Å². The average molecular weight is 267 g/mol. The molecule has 0 aliphatic carbocycles. The highest BCUT2D eigenvalue weighted by molar-refractivity contribution is 9.10. The second kappa shape index (κ2) is 4.55. The predicted octanol–water partition coefficient (Wildman–Crippen LogP) is 1.74. The monoisotopic (exact) mass is 266 g/mol. The molecule has 0 fully saturated rings. The first-order chi connectivity index (χ1) is 7.31. The predicted molar refractivity (Wildman–Crippen MR) is 62.3 cm³/mol. The van der Waals surface area contributed by atoms with Crippen molar-refractivity contribution in [3.05, 3.63) is 35.0 Å². The molecule has 0 aromatic carbocycles. The van der Waals surface area contributed by atoms with Gasteiger partial charge in [-0.1, -0.05) is 0 Å². The number of halogens is 1. The topological polar surface area (TPSA) is 67.6 Å². The van der Waals surface area contributed by atoms with Gasteiger partial charge in [-0.2, -0.15) is 0 Å². The minimum absolute atomic E-state index is 0.604. The van der Waals surface area contributed by atoms with E-state index in [1.165, 1.54) is 0 Å². The van der Waals surface area contributed by atoms with Crippen LogP contribution in [0.2, 0.25) is 0 Å². The van der Waals surface area contributed by atoms with Crippen LogP contribution in [0, 0.1) is 0 Å². The van der Waals surface area contributed by atoms with Crippen LogP contribution in [0.4, 0.5) is 0 Å². The zero-order chi connectivity index (χ0) is 10.7. The minimum atomic E-state index is 0.604. The zero-order valence-corrected chi connectivity index (χ0v) is 9.66. The highest BCUT2D eigenvalue weighted by Crippen LogP contribution is 2.22. The summed E-state index contributed by atoms with van der Waals surface area (Å²) in [7, 11) is 0. The number of aromatic nitrogens is 3. The molecule has 2 aromatic heterocycles. The molecule has 4 nitrogen and oxygen atoms in total. The van der Waals surface area contributed by atoms with E-state index in [9.17, 15) is 0 Å². The van der Waals surface area contributed by atoms with E-state index < -0.39 is 0 Å². The van der Waals surface area contributed by atoms with Gasteiger partial charge >= 0.3 is 0 Å². The zero-order valence-electron chi connectivity index (χ0n) is 8.07. The number of nitrogens with zero attached hydrogens (tertiary/aromatic N) is 2. The van der Waals surface area contributed by atoms with Crippen LogP contribution in [0.3, 0.4) is 0 Å². The fourth-order valence-electron chi connectivity index (χ4n) is 1.45. The summed E-state index contributed by atoms with van der Waals surface area (Å²) >= 11 is 3.33. The molecule has 3 N–H and O–H groups in total. The second-order valence-electron chi connectivity index (χ2n) is 3.13. The van der Waals surface area contributed by atoms with Crippen LogP contribution in [0.1, 0.15) is 5.69 Å². The maximum absolute atomic E-state index is 5.54. The van der Waals surface area contributed by atoms with Crippen molar-refractivity contribution in [3.8, 4) is 11.3 Å².